The summed E-state index contributed by atoms with van der Waals surface area (Å²) in [5, 5.41) is 10.6. The van der Waals surface area contributed by atoms with Crippen molar-refractivity contribution in [1.82, 2.24) is 4.57 Å². The number of ether oxygens (including phenoxy) is 2. The van der Waals surface area contributed by atoms with Crippen LogP contribution in [0.5, 0.6) is 5.75 Å². The van der Waals surface area contributed by atoms with Gasteiger partial charge < -0.3 is 18.9 Å². The fourth-order valence-electron chi connectivity index (χ4n) is 4.13. The molecule has 6 heteroatoms. The minimum atomic E-state index is -0.248. The predicted molar refractivity (Wildman–Crippen MR) is 117 cm³/mol. The number of methoxy groups -OCH3 is 1. The summed E-state index contributed by atoms with van der Waals surface area (Å²) in [5.41, 5.74) is 2.64. The number of rotatable bonds is 5. The highest BCUT2D eigenvalue weighted by atomic mass is 16.5. The Morgan fingerprint density at radius 1 is 1.13 bits per heavy atom. The van der Waals surface area contributed by atoms with Crippen molar-refractivity contribution in [1.29, 1.82) is 5.26 Å². The van der Waals surface area contributed by atoms with Gasteiger partial charge in [-0.1, -0.05) is 30.3 Å². The molecule has 0 spiro atoms. The number of hydrogen-bond donors (Lipinski definition) is 0. The molecule has 1 saturated heterocycles. The zero-order chi connectivity index (χ0) is 21.1. The van der Waals surface area contributed by atoms with Gasteiger partial charge in [0.1, 0.15) is 17.4 Å². The van der Waals surface area contributed by atoms with Gasteiger partial charge in [0.05, 0.1) is 31.0 Å². The van der Waals surface area contributed by atoms with Gasteiger partial charge >= 0.3 is 0 Å². The Hall–Kier alpha value is -3.30. The van der Waals surface area contributed by atoms with Crippen molar-refractivity contribution in [3.63, 3.8) is 0 Å². The molecule has 30 heavy (non-hydrogen) atoms. The van der Waals surface area contributed by atoms with Crippen LogP contribution >= 0.6 is 0 Å². The number of fused-ring (bicyclic) bond motifs is 1. The van der Waals surface area contributed by atoms with Crippen LogP contribution < -0.4 is 15.2 Å². The van der Waals surface area contributed by atoms with Crippen molar-refractivity contribution in [2.45, 2.75) is 25.6 Å². The Labute approximate surface area is 175 Å². The van der Waals surface area contributed by atoms with Crippen molar-refractivity contribution in [2.75, 3.05) is 25.1 Å². The van der Waals surface area contributed by atoms with Crippen LogP contribution in [0.25, 0.3) is 10.9 Å². The lowest BCUT2D eigenvalue weighted by molar-refractivity contribution is 0.0251. The van der Waals surface area contributed by atoms with Gasteiger partial charge in [-0.2, -0.15) is 5.26 Å². The first-order valence-electron chi connectivity index (χ1n) is 10.1. The smallest absolute Gasteiger partial charge is 0.270 e. The molecule has 0 bridgehead atoms. The summed E-state index contributed by atoms with van der Waals surface area (Å²) in [4.78, 5) is 14.9. The van der Waals surface area contributed by atoms with E-state index >= 15 is 0 Å². The number of piperidine rings is 1. The van der Waals surface area contributed by atoms with Gasteiger partial charge in [-0.3, -0.25) is 4.79 Å². The summed E-state index contributed by atoms with van der Waals surface area (Å²) in [6.45, 7) is 2.03. The molecular formula is C24H25N3O3. The monoisotopic (exact) mass is 403 g/mol. The van der Waals surface area contributed by atoms with E-state index in [2.05, 4.69) is 11.0 Å². The van der Waals surface area contributed by atoms with Crippen LogP contribution in [0.2, 0.25) is 0 Å². The molecule has 1 aliphatic rings. The Morgan fingerprint density at radius 2 is 1.90 bits per heavy atom. The van der Waals surface area contributed by atoms with Crippen molar-refractivity contribution in [3.8, 4) is 11.8 Å². The molecule has 1 aromatic heterocycles. The van der Waals surface area contributed by atoms with Crippen molar-refractivity contribution < 1.29 is 9.47 Å². The average molecular weight is 403 g/mol. The van der Waals surface area contributed by atoms with E-state index in [1.165, 1.54) is 0 Å². The molecule has 1 fully saturated rings. The highest BCUT2D eigenvalue weighted by Gasteiger charge is 2.25. The van der Waals surface area contributed by atoms with Gasteiger partial charge in [0, 0.05) is 25.5 Å². The third-order valence-electron chi connectivity index (χ3n) is 5.77. The third-order valence-corrected chi connectivity index (χ3v) is 5.77. The van der Waals surface area contributed by atoms with E-state index < -0.39 is 0 Å². The molecule has 4 rings (SSSR count). The van der Waals surface area contributed by atoms with Crippen molar-refractivity contribution >= 4 is 16.6 Å². The summed E-state index contributed by atoms with van der Waals surface area (Å²) >= 11 is 0. The van der Waals surface area contributed by atoms with Crippen LogP contribution in [-0.4, -0.2) is 30.9 Å². The van der Waals surface area contributed by atoms with E-state index in [4.69, 9.17) is 9.47 Å². The molecule has 0 saturated carbocycles. The number of nitrogens with zero attached hydrogens (tertiary/aromatic N) is 3. The van der Waals surface area contributed by atoms with Crippen LogP contribution in [0, 0.1) is 11.3 Å². The molecule has 2 aromatic carbocycles. The largest absolute Gasteiger partial charge is 0.497 e. The summed E-state index contributed by atoms with van der Waals surface area (Å²) in [6.07, 6.45) is 1.84. The molecule has 0 N–H and O–H groups in total. The Balaban J connectivity index is 1.51. The molecular weight excluding hydrogens is 378 g/mol. The highest BCUT2D eigenvalue weighted by Crippen LogP contribution is 2.31. The number of benzene rings is 2. The first-order valence-corrected chi connectivity index (χ1v) is 10.1. The molecule has 1 aliphatic heterocycles. The first kappa shape index (κ1) is 20.0. The maximum absolute atomic E-state index is 12.7. The third kappa shape index (κ3) is 3.77. The summed E-state index contributed by atoms with van der Waals surface area (Å²) in [7, 11) is 3.37. The van der Waals surface area contributed by atoms with Crippen LogP contribution in [0.4, 0.5) is 5.69 Å². The van der Waals surface area contributed by atoms with Crippen LogP contribution in [-0.2, 0) is 18.4 Å². The molecule has 2 heterocycles. The number of aryl methyl sites for hydroxylation is 1. The van der Waals surface area contributed by atoms with Crippen molar-refractivity contribution in [3.05, 3.63) is 70.0 Å². The van der Waals surface area contributed by atoms with Crippen LogP contribution in [0.1, 0.15) is 24.0 Å². The van der Waals surface area contributed by atoms with E-state index in [0.717, 1.165) is 53.8 Å². The minimum Gasteiger partial charge on any atom is -0.497 e. The quantitative estimate of drug-likeness (QED) is 0.651. The molecule has 0 radical (unpaired) electrons. The zero-order valence-electron chi connectivity index (χ0n) is 17.3. The van der Waals surface area contributed by atoms with Gasteiger partial charge in [0.25, 0.3) is 5.56 Å². The maximum Gasteiger partial charge on any atom is 0.270 e. The fourth-order valence-corrected chi connectivity index (χ4v) is 4.13. The van der Waals surface area contributed by atoms with Gasteiger partial charge in [-0.25, -0.2) is 0 Å². The zero-order valence-corrected chi connectivity index (χ0v) is 17.3. The molecule has 0 aliphatic carbocycles. The standard InChI is InChI=1S/C24H25N3O3/c1-26-22-9-4-3-8-20(22)23(21(15-25)24(26)28)27-12-10-18(11-13-27)30-16-17-6-5-7-19(14-17)29-2/h3-9,14,18H,10-13,16H2,1-2H3. The number of nitriles is 1. The number of pyridine rings is 1. The Morgan fingerprint density at radius 3 is 2.63 bits per heavy atom. The van der Waals surface area contributed by atoms with Crippen molar-refractivity contribution in [2.24, 2.45) is 7.05 Å². The molecule has 0 unspecified atom stereocenters. The lowest BCUT2D eigenvalue weighted by atomic mass is 10.0. The van der Waals surface area contributed by atoms with E-state index in [9.17, 15) is 10.1 Å². The molecule has 6 nitrogen and oxygen atoms in total. The predicted octanol–water partition coefficient (Wildman–Crippen LogP) is 3.60. The topological polar surface area (TPSA) is 67.5 Å². The SMILES string of the molecule is COc1cccc(COC2CCN(c3c(C#N)c(=O)n(C)c4ccccc34)CC2)c1. The molecule has 0 atom stereocenters. The summed E-state index contributed by atoms with van der Waals surface area (Å²) in [6, 6.07) is 17.8. The van der Waals surface area contributed by atoms with E-state index in [1.807, 2.05) is 48.5 Å². The van der Waals surface area contributed by atoms with Crippen LogP contribution in [0.15, 0.2) is 53.3 Å². The molecule has 154 valence electrons. The fraction of sp³-hybridized carbons (Fsp3) is 0.333. The lowest BCUT2D eigenvalue weighted by Crippen LogP contribution is -2.39. The van der Waals surface area contributed by atoms with E-state index in [0.29, 0.717) is 6.61 Å². The second kappa shape index (κ2) is 8.60. The first-order chi connectivity index (χ1) is 14.6. The highest BCUT2D eigenvalue weighted by molar-refractivity contribution is 5.94. The number of para-hydroxylation sites is 1. The Kier molecular flexibility index (Phi) is 5.73. The number of hydrogen-bond acceptors (Lipinski definition) is 5. The second-order valence-electron chi connectivity index (χ2n) is 7.57. The molecule has 3 aromatic rings. The average Bonchev–Trinajstić information content (AvgIpc) is 2.80. The Bertz CT molecular complexity index is 1150. The normalized spacial score (nSPS) is 14.6. The summed E-state index contributed by atoms with van der Waals surface area (Å²) < 4.78 is 13.0. The van der Waals surface area contributed by atoms with Crippen LogP contribution in [0.3, 0.4) is 0 Å². The number of anilines is 1. The minimum absolute atomic E-state index is 0.149. The molecule has 0 amide bonds. The summed E-state index contributed by atoms with van der Waals surface area (Å²) in [5.74, 6) is 0.826. The van der Waals surface area contributed by atoms with Gasteiger partial charge in [0.15, 0.2) is 0 Å². The second-order valence-corrected chi connectivity index (χ2v) is 7.57. The van der Waals surface area contributed by atoms with E-state index in [-0.39, 0.29) is 17.2 Å². The van der Waals surface area contributed by atoms with E-state index in [1.54, 1.807) is 18.7 Å². The maximum atomic E-state index is 12.7. The van der Waals surface area contributed by atoms with Gasteiger partial charge in [0.2, 0.25) is 0 Å². The number of aromatic nitrogens is 1. The van der Waals surface area contributed by atoms with Gasteiger partial charge in [-0.15, -0.1) is 0 Å². The lowest BCUT2D eigenvalue weighted by Gasteiger charge is -2.34. The van der Waals surface area contributed by atoms with Gasteiger partial charge in [-0.05, 0) is 36.6 Å².